The number of unbranched alkanes of at least 4 members (excludes halogenated alkanes) is 1. The van der Waals surface area contributed by atoms with E-state index in [-0.39, 0.29) is 11.6 Å². The van der Waals surface area contributed by atoms with Crippen LogP contribution < -0.4 is 10.6 Å². The Labute approximate surface area is 348 Å². The second kappa shape index (κ2) is 17.6. The number of fused-ring (bicyclic) bond motifs is 2. The van der Waals surface area contributed by atoms with Crippen LogP contribution in [-0.2, 0) is 6.42 Å². The minimum atomic E-state index is -0.146. The summed E-state index contributed by atoms with van der Waals surface area (Å²) in [5, 5.41) is 6.97. The highest BCUT2D eigenvalue weighted by Gasteiger charge is 2.37. The zero-order valence-corrected chi connectivity index (χ0v) is 35.1. The Balaban J connectivity index is 1.12. The van der Waals surface area contributed by atoms with Gasteiger partial charge in [-0.25, -0.2) is 0 Å². The molecule has 0 radical (unpaired) electrons. The van der Waals surface area contributed by atoms with Crippen LogP contribution in [0.4, 0.5) is 22.7 Å². The lowest BCUT2D eigenvalue weighted by Crippen LogP contribution is -2.24. The van der Waals surface area contributed by atoms with Crippen molar-refractivity contribution >= 4 is 46.1 Å². The molecular weight excluding hydrogens is 729 g/mol. The third-order valence-electron chi connectivity index (χ3n) is 12.1. The predicted molar refractivity (Wildman–Crippen MR) is 243 cm³/mol. The Morgan fingerprint density at radius 2 is 1.14 bits per heavy atom. The lowest BCUT2D eigenvalue weighted by Gasteiger charge is -2.28. The smallest absolute Gasteiger partial charge is 0.197 e. The van der Waals surface area contributed by atoms with Crippen LogP contribution in [0.2, 0.25) is 0 Å². The molecule has 0 spiro atoms. The molecule has 5 heteroatoms. The number of carbonyl (C=O) groups excluding carboxylic acids is 2. The zero-order chi connectivity index (χ0) is 40.2. The highest BCUT2D eigenvalue weighted by atomic mass is 32.2. The van der Waals surface area contributed by atoms with Crippen molar-refractivity contribution in [3.05, 3.63) is 166 Å². The van der Waals surface area contributed by atoms with E-state index in [0.717, 1.165) is 63.0 Å². The molecule has 4 nitrogen and oxygen atoms in total. The topological polar surface area (TPSA) is 58.2 Å². The summed E-state index contributed by atoms with van der Waals surface area (Å²) in [5.41, 5.74) is 11.9. The molecule has 1 fully saturated rings. The molecule has 0 unspecified atom stereocenters. The number of hydrogen-bond donors (Lipinski definition) is 2. The minimum Gasteiger partial charge on any atom is -0.355 e. The van der Waals surface area contributed by atoms with E-state index in [4.69, 9.17) is 0 Å². The minimum absolute atomic E-state index is 0.139. The molecule has 2 N–H and O–H groups in total. The van der Waals surface area contributed by atoms with Gasteiger partial charge in [0.25, 0.3) is 0 Å². The monoisotopic (exact) mass is 782 g/mol. The van der Waals surface area contributed by atoms with Crippen LogP contribution in [0.15, 0.2) is 131 Å². The summed E-state index contributed by atoms with van der Waals surface area (Å²) < 4.78 is 0. The maximum atomic E-state index is 15.1. The Hall–Kier alpha value is -5.39. The first-order valence-electron chi connectivity index (χ1n) is 21.3. The molecule has 1 saturated carbocycles. The molecule has 8 rings (SSSR count). The Morgan fingerprint density at radius 3 is 1.69 bits per heavy atom. The maximum Gasteiger partial charge on any atom is 0.197 e. The third-order valence-corrected chi connectivity index (χ3v) is 13.2. The Kier molecular flexibility index (Phi) is 12.0. The van der Waals surface area contributed by atoms with Crippen molar-refractivity contribution in [3.63, 3.8) is 0 Å². The van der Waals surface area contributed by atoms with E-state index in [1.165, 1.54) is 55.2 Å². The summed E-state index contributed by atoms with van der Waals surface area (Å²) in [6.07, 6.45) is 10.9. The zero-order valence-electron chi connectivity index (χ0n) is 34.3. The molecule has 0 aromatic heterocycles. The first kappa shape index (κ1) is 39.4. The number of benzene rings is 6. The van der Waals surface area contributed by atoms with Crippen molar-refractivity contribution in [2.75, 3.05) is 10.6 Å². The van der Waals surface area contributed by atoms with Crippen LogP contribution in [0.1, 0.15) is 125 Å². The lowest BCUT2D eigenvalue weighted by atomic mass is 9.77. The number of rotatable bonds is 13. The molecule has 0 bridgehead atoms. The van der Waals surface area contributed by atoms with Gasteiger partial charge < -0.3 is 10.6 Å². The van der Waals surface area contributed by atoms with Gasteiger partial charge in [0.2, 0.25) is 0 Å². The van der Waals surface area contributed by atoms with Crippen LogP contribution in [0.3, 0.4) is 0 Å². The number of carbonyl (C=O) groups is 2. The van der Waals surface area contributed by atoms with E-state index in [0.29, 0.717) is 39.5 Å². The number of nitrogens with one attached hydrogen (secondary N) is 2. The first-order valence-corrected chi connectivity index (χ1v) is 22.1. The van der Waals surface area contributed by atoms with Gasteiger partial charge in [-0.3, -0.25) is 9.59 Å². The summed E-state index contributed by atoms with van der Waals surface area (Å²) in [7, 11) is 0. The molecule has 0 amide bonds. The van der Waals surface area contributed by atoms with E-state index < -0.39 is 0 Å². The fourth-order valence-corrected chi connectivity index (χ4v) is 9.84. The van der Waals surface area contributed by atoms with Crippen molar-refractivity contribution < 1.29 is 9.59 Å². The van der Waals surface area contributed by atoms with Crippen molar-refractivity contribution in [2.24, 2.45) is 5.92 Å². The summed E-state index contributed by atoms with van der Waals surface area (Å²) in [6.45, 7) is 8.58. The van der Waals surface area contributed by atoms with Crippen molar-refractivity contribution in [2.45, 2.75) is 101 Å². The molecule has 6 aromatic rings. The summed E-state index contributed by atoms with van der Waals surface area (Å²) in [6, 6.07) is 41.9. The highest BCUT2D eigenvalue weighted by Crippen LogP contribution is 2.44. The standard InChI is InChI=1S/C53H54N2O2S/c1-5-7-9-37-32-45-49(48(33-37)58-44-28-22-41(23-29-44)40-20-18-39(19-21-40)38-16-14-36(8-6-2)15-17-38)53(57)51-47(55-43-26-12-35(4)13-27-43)31-30-46(50(51)52(45)56)54-42-24-10-34(3)11-25-42/h10-13,18-33,36,38,54-55H,5-9,14-17H2,1-4H3. The molecule has 0 heterocycles. The largest absolute Gasteiger partial charge is 0.355 e. The molecule has 2 aliphatic carbocycles. The molecule has 0 aliphatic heterocycles. The number of aryl methyl sites for hydroxylation is 3. The first-order chi connectivity index (χ1) is 28.3. The average molecular weight is 783 g/mol. The van der Waals surface area contributed by atoms with E-state index in [1.807, 2.05) is 73.7 Å². The second-order valence-electron chi connectivity index (χ2n) is 16.4. The predicted octanol–water partition coefficient (Wildman–Crippen LogP) is 14.8. The SMILES string of the molecule is CCCCc1cc(Sc2ccc(-c3ccc(C4CCC(CCC)CC4)cc3)cc2)c2c(c1)C(=O)c1c(Nc3ccc(C)cc3)ccc(Nc3ccc(C)cc3)c1C2=O. The van der Waals surface area contributed by atoms with Crippen LogP contribution in [0.25, 0.3) is 11.1 Å². The van der Waals surface area contributed by atoms with Gasteiger partial charge in [0, 0.05) is 32.3 Å². The van der Waals surface area contributed by atoms with Crippen LogP contribution in [0, 0.1) is 19.8 Å². The quantitative estimate of drug-likeness (QED) is 0.122. The van der Waals surface area contributed by atoms with Crippen LogP contribution >= 0.6 is 11.8 Å². The fraction of sp³-hybridized carbons (Fsp3) is 0.283. The third kappa shape index (κ3) is 8.56. The Bertz CT molecular complexity index is 2410. The van der Waals surface area contributed by atoms with Gasteiger partial charge in [-0.2, -0.15) is 0 Å². The van der Waals surface area contributed by atoms with E-state index in [1.54, 1.807) is 11.8 Å². The number of hydrogen-bond acceptors (Lipinski definition) is 5. The van der Waals surface area contributed by atoms with Gasteiger partial charge in [0.1, 0.15) is 0 Å². The van der Waals surface area contributed by atoms with Crippen LogP contribution in [-0.4, -0.2) is 11.6 Å². The van der Waals surface area contributed by atoms with Gasteiger partial charge in [0.05, 0.1) is 22.5 Å². The summed E-state index contributed by atoms with van der Waals surface area (Å²) >= 11 is 1.57. The van der Waals surface area contributed by atoms with Crippen LogP contribution in [0.5, 0.6) is 0 Å². The molecule has 2 aliphatic rings. The van der Waals surface area contributed by atoms with E-state index in [2.05, 4.69) is 86.0 Å². The molecule has 6 aromatic carbocycles. The normalized spacial score (nSPS) is 16.1. The summed E-state index contributed by atoms with van der Waals surface area (Å²) in [5.74, 6) is 1.30. The molecule has 0 saturated heterocycles. The van der Waals surface area contributed by atoms with Crippen molar-refractivity contribution in [1.82, 2.24) is 0 Å². The average Bonchev–Trinajstić information content (AvgIpc) is 3.24. The van der Waals surface area contributed by atoms with Crippen molar-refractivity contribution in [3.8, 4) is 11.1 Å². The fourth-order valence-electron chi connectivity index (χ4n) is 8.80. The second-order valence-corrected chi connectivity index (χ2v) is 17.5. The van der Waals surface area contributed by atoms with Gasteiger partial charge in [-0.1, -0.05) is 117 Å². The molecule has 58 heavy (non-hydrogen) atoms. The van der Waals surface area contributed by atoms with Gasteiger partial charge in [-0.05, 0) is 147 Å². The molecular formula is C53H54N2O2S. The van der Waals surface area contributed by atoms with Gasteiger partial charge in [-0.15, -0.1) is 0 Å². The number of ketones is 2. The summed E-state index contributed by atoms with van der Waals surface area (Å²) in [4.78, 5) is 31.9. The van der Waals surface area contributed by atoms with E-state index in [9.17, 15) is 4.79 Å². The molecule has 294 valence electrons. The highest BCUT2D eigenvalue weighted by molar-refractivity contribution is 7.99. The van der Waals surface area contributed by atoms with Gasteiger partial charge >= 0.3 is 0 Å². The van der Waals surface area contributed by atoms with Crippen molar-refractivity contribution in [1.29, 1.82) is 0 Å². The molecule has 0 atom stereocenters. The van der Waals surface area contributed by atoms with E-state index >= 15 is 4.79 Å². The Morgan fingerprint density at radius 1 is 0.586 bits per heavy atom. The number of anilines is 4. The van der Waals surface area contributed by atoms with Gasteiger partial charge in [0.15, 0.2) is 11.6 Å². The lowest BCUT2D eigenvalue weighted by molar-refractivity contribution is 0.0978. The maximum absolute atomic E-state index is 15.1.